The number of nitrogens with zero attached hydrogens (tertiary/aromatic N) is 1. The third-order valence-electron chi connectivity index (χ3n) is 4.25. The van der Waals surface area contributed by atoms with E-state index in [1.807, 2.05) is 24.3 Å². The van der Waals surface area contributed by atoms with Crippen LogP contribution in [-0.4, -0.2) is 10.8 Å². The predicted octanol–water partition coefficient (Wildman–Crippen LogP) is 5.78. The second-order valence-corrected chi connectivity index (χ2v) is 6.53. The third-order valence-corrected chi connectivity index (χ3v) is 4.50. The highest BCUT2D eigenvalue weighted by atomic mass is 35.5. The average molecular weight is 393 g/mol. The SMILES string of the molecule is O=C(Nc1ccc(Cl)cc1)c1cc([N+](=O)[O-])cc2c1C=Cc1ccccc1O2. The number of ether oxygens (including phenoxy) is 1. The quantitative estimate of drug-likeness (QED) is 0.354. The minimum atomic E-state index is -0.552. The number of nitro groups is 1. The number of para-hydroxylation sites is 1. The summed E-state index contributed by atoms with van der Waals surface area (Å²) in [7, 11) is 0. The van der Waals surface area contributed by atoms with Gasteiger partial charge in [-0.2, -0.15) is 0 Å². The molecule has 1 heterocycles. The molecule has 138 valence electrons. The minimum absolute atomic E-state index is 0.142. The van der Waals surface area contributed by atoms with Crippen LogP contribution in [0.3, 0.4) is 0 Å². The first-order valence-corrected chi connectivity index (χ1v) is 8.73. The molecule has 28 heavy (non-hydrogen) atoms. The third kappa shape index (κ3) is 3.45. The second kappa shape index (κ2) is 7.17. The van der Waals surface area contributed by atoms with Crippen molar-refractivity contribution in [1.82, 2.24) is 0 Å². The van der Waals surface area contributed by atoms with Gasteiger partial charge in [-0.25, -0.2) is 0 Å². The molecule has 1 N–H and O–H groups in total. The van der Waals surface area contributed by atoms with Gasteiger partial charge >= 0.3 is 0 Å². The maximum atomic E-state index is 12.9. The van der Waals surface area contributed by atoms with Gasteiger partial charge in [-0.05, 0) is 36.4 Å². The lowest BCUT2D eigenvalue weighted by molar-refractivity contribution is -0.384. The van der Waals surface area contributed by atoms with Crippen molar-refractivity contribution in [2.75, 3.05) is 5.32 Å². The Morgan fingerprint density at radius 3 is 2.50 bits per heavy atom. The van der Waals surface area contributed by atoms with E-state index in [2.05, 4.69) is 5.32 Å². The molecule has 3 aromatic carbocycles. The first kappa shape index (κ1) is 17.8. The molecule has 0 bridgehead atoms. The van der Waals surface area contributed by atoms with E-state index in [0.717, 1.165) is 5.56 Å². The Morgan fingerprint density at radius 1 is 1.00 bits per heavy atom. The van der Waals surface area contributed by atoms with Crippen molar-refractivity contribution >= 4 is 41.0 Å². The van der Waals surface area contributed by atoms with Crippen molar-refractivity contribution in [1.29, 1.82) is 0 Å². The summed E-state index contributed by atoms with van der Waals surface area (Å²) < 4.78 is 5.89. The zero-order valence-corrected chi connectivity index (χ0v) is 15.1. The molecule has 0 unspecified atom stereocenters. The van der Waals surface area contributed by atoms with E-state index in [0.29, 0.717) is 22.0 Å². The van der Waals surface area contributed by atoms with Gasteiger partial charge in [0.1, 0.15) is 11.5 Å². The van der Waals surface area contributed by atoms with Gasteiger partial charge in [-0.15, -0.1) is 0 Å². The number of carbonyl (C=O) groups excluding carboxylic acids is 1. The van der Waals surface area contributed by atoms with Crippen LogP contribution < -0.4 is 10.1 Å². The number of halogens is 1. The van der Waals surface area contributed by atoms with Gasteiger partial charge in [-0.3, -0.25) is 14.9 Å². The number of anilines is 1. The Hall–Kier alpha value is -3.64. The summed E-state index contributed by atoms with van der Waals surface area (Å²) >= 11 is 5.86. The number of amides is 1. The molecule has 0 aromatic heterocycles. The fraction of sp³-hybridized carbons (Fsp3) is 0. The van der Waals surface area contributed by atoms with Gasteiger partial charge < -0.3 is 10.1 Å². The Labute approximate surface area is 165 Å². The summed E-state index contributed by atoms with van der Waals surface area (Å²) in [6.45, 7) is 0. The number of rotatable bonds is 3. The number of hydrogen-bond acceptors (Lipinski definition) is 4. The zero-order chi connectivity index (χ0) is 19.7. The number of nitrogens with one attached hydrogen (secondary N) is 1. The van der Waals surface area contributed by atoms with Crippen molar-refractivity contribution in [2.45, 2.75) is 0 Å². The second-order valence-electron chi connectivity index (χ2n) is 6.10. The Morgan fingerprint density at radius 2 is 1.75 bits per heavy atom. The largest absolute Gasteiger partial charge is 0.456 e. The normalized spacial score (nSPS) is 11.6. The van der Waals surface area contributed by atoms with Crippen LogP contribution in [0.25, 0.3) is 12.2 Å². The summed E-state index contributed by atoms with van der Waals surface area (Å²) in [5, 5.41) is 14.6. The van der Waals surface area contributed by atoms with Crippen LogP contribution in [0.4, 0.5) is 11.4 Å². The highest BCUT2D eigenvalue weighted by Crippen LogP contribution is 2.38. The number of non-ortho nitro benzene ring substituents is 1. The molecule has 0 fully saturated rings. The number of nitro benzene ring substituents is 1. The van der Waals surface area contributed by atoms with E-state index in [4.69, 9.17) is 16.3 Å². The van der Waals surface area contributed by atoms with E-state index in [9.17, 15) is 14.9 Å². The van der Waals surface area contributed by atoms with Crippen molar-refractivity contribution in [3.63, 3.8) is 0 Å². The summed E-state index contributed by atoms with van der Waals surface area (Å²) in [4.78, 5) is 23.7. The summed E-state index contributed by atoms with van der Waals surface area (Å²) in [5.74, 6) is 0.320. The standard InChI is InChI=1S/C21H13ClN2O4/c22-14-6-8-15(9-7-14)23-21(25)18-11-16(24(26)27)12-20-17(18)10-5-13-3-1-2-4-19(13)28-20/h1-12H,(H,23,25). The lowest BCUT2D eigenvalue weighted by Crippen LogP contribution is -2.14. The molecule has 7 heteroatoms. The van der Waals surface area contributed by atoms with Crippen molar-refractivity contribution in [2.24, 2.45) is 0 Å². The maximum absolute atomic E-state index is 12.9. The molecule has 3 aromatic rings. The van der Waals surface area contributed by atoms with Crippen molar-refractivity contribution in [3.05, 3.63) is 92.5 Å². The summed E-state index contributed by atoms with van der Waals surface area (Å²) in [6.07, 6.45) is 3.54. The first-order valence-electron chi connectivity index (χ1n) is 8.35. The smallest absolute Gasteiger partial charge is 0.274 e. The Kier molecular flexibility index (Phi) is 4.55. The molecule has 0 radical (unpaired) electrons. The zero-order valence-electron chi connectivity index (χ0n) is 14.4. The van der Waals surface area contributed by atoms with Crippen molar-refractivity contribution < 1.29 is 14.5 Å². The van der Waals surface area contributed by atoms with E-state index in [-0.39, 0.29) is 17.0 Å². The molecule has 0 aliphatic carbocycles. The van der Waals surface area contributed by atoms with Gasteiger partial charge in [0, 0.05) is 27.9 Å². The molecule has 0 saturated heterocycles. The van der Waals surface area contributed by atoms with Crippen molar-refractivity contribution in [3.8, 4) is 11.5 Å². The summed E-state index contributed by atoms with van der Waals surface area (Å²) in [5.41, 5.74) is 1.71. The molecule has 0 spiro atoms. The van der Waals surface area contributed by atoms with Gasteiger partial charge in [-0.1, -0.05) is 35.9 Å². The molecular weight excluding hydrogens is 380 g/mol. The molecule has 6 nitrogen and oxygen atoms in total. The van der Waals surface area contributed by atoms with Crippen LogP contribution >= 0.6 is 11.6 Å². The van der Waals surface area contributed by atoms with E-state index >= 15 is 0 Å². The van der Waals surface area contributed by atoms with Crippen LogP contribution in [0.1, 0.15) is 21.5 Å². The predicted molar refractivity (Wildman–Crippen MR) is 108 cm³/mol. The average Bonchev–Trinajstić information content (AvgIpc) is 2.88. The van der Waals surface area contributed by atoms with E-state index in [1.165, 1.54) is 12.1 Å². The lowest BCUT2D eigenvalue weighted by Gasteiger charge is -2.12. The number of hydrogen-bond donors (Lipinski definition) is 1. The van der Waals surface area contributed by atoms with Gasteiger partial charge in [0.05, 0.1) is 16.6 Å². The Bertz CT molecular complexity index is 1120. The lowest BCUT2D eigenvalue weighted by atomic mass is 10.0. The molecule has 0 saturated carbocycles. The number of fused-ring (bicyclic) bond motifs is 2. The van der Waals surface area contributed by atoms with Crippen LogP contribution in [0.2, 0.25) is 5.02 Å². The fourth-order valence-electron chi connectivity index (χ4n) is 2.90. The Balaban J connectivity index is 1.79. The van der Waals surface area contributed by atoms with E-state index in [1.54, 1.807) is 36.4 Å². The molecule has 0 atom stereocenters. The molecule has 1 aliphatic heterocycles. The maximum Gasteiger partial charge on any atom is 0.274 e. The highest BCUT2D eigenvalue weighted by Gasteiger charge is 2.23. The van der Waals surface area contributed by atoms with Crippen LogP contribution in [0.15, 0.2) is 60.7 Å². The van der Waals surface area contributed by atoms with Crippen LogP contribution in [-0.2, 0) is 0 Å². The molecular formula is C21H13ClN2O4. The van der Waals surface area contributed by atoms with E-state index < -0.39 is 10.8 Å². The van der Waals surface area contributed by atoms with Gasteiger partial charge in [0.25, 0.3) is 11.6 Å². The van der Waals surface area contributed by atoms with Crippen LogP contribution in [0, 0.1) is 10.1 Å². The number of carbonyl (C=O) groups is 1. The fourth-order valence-corrected chi connectivity index (χ4v) is 3.02. The topological polar surface area (TPSA) is 81.5 Å². The first-order chi connectivity index (χ1) is 13.5. The molecule has 4 rings (SSSR count). The van der Waals surface area contributed by atoms with Gasteiger partial charge in [0.2, 0.25) is 0 Å². The minimum Gasteiger partial charge on any atom is -0.456 e. The van der Waals surface area contributed by atoms with Crippen LogP contribution in [0.5, 0.6) is 11.5 Å². The monoisotopic (exact) mass is 392 g/mol. The summed E-state index contributed by atoms with van der Waals surface area (Å²) in [6, 6.07) is 16.4. The highest BCUT2D eigenvalue weighted by molar-refractivity contribution is 6.30. The van der Waals surface area contributed by atoms with Gasteiger partial charge in [0.15, 0.2) is 0 Å². The number of benzene rings is 3. The molecule has 1 aliphatic rings. The molecule has 1 amide bonds.